The Hall–Kier alpha value is -0.510. The van der Waals surface area contributed by atoms with Crippen molar-refractivity contribution in [1.82, 2.24) is 20.0 Å². The summed E-state index contributed by atoms with van der Waals surface area (Å²) >= 11 is 1.99. The Balaban J connectivity index is 0.00000300. The average Bonchev–Trinajstić information content (AvgIpc) is 3.09. The normalized spacial score (nSPS) is 21.7. The highest BCUT2D eigenvalue weighted by molar-refractivity contribution is 14.0. The SMILES string of the molecule is CCNC(=NCCN1CCCN(C)CC1)N1CCC(CSc2ccccc2)C1.I. The number of nitrogens with one attached hydrogen (secondary N) is 1. The van der Waals surface area contributed by atoms with Crippen LogP contribution in [0.3, 0.4) is 0 Å². The van der Waals surface area contributed by atoms with Crippen molar-refractivity contribution in [2.24, 2.45) is 10.9 Å². The van der Waals surface area contributed by atoms with Crippen molar-refractivity contribution in [3.05, 3.63) is 30.3 Å². The highest BCUT2D eigenvalue weighted by atomic mass is 127. The summed E-state index contributed by atoms with van der Waals surface area (Å²) in [5.74, 6) is 3.05. The molecule has 2 aliphatic heterocycles. The van der Waals surface area contributed by atoms with Crippen LogP contribution in [0.25, 0.3) is 0 Å². The van der Waals surface area contributed by atoms with Crippen LogP contribution < -0.4 is 5.32 Å². The van der Waals surface area contributed by atoms with Crippen molar-refractivity contribution >= 4 is 41.7 Å². The molecule has 5 nitrogen and oxygen atoms in total. The molecule has 1 N–H and O–H groups in total. The molecule has 3 rings (SSSR count). The third-order valence-electron chi connectivity index (χ3n) is 5.64. The standard InChI is InChI=1S/C22H37N5S.HI/c1-3-23-22(24-11-15-26-13-7-12-25(2)16-17-26)27-14-10-20(18-27)19-28-21-8-5-4-6-9-21;/h4-6,8-9,20H,3,7,10-19H2,1-2H3,(H,23,24);1H. The summed E-state index contributed by atoms with van der Waals surface area (Å²) in [5, 5.41) is 3.52. The van der Waals surface area contributed by atoms with Gasteiger partial charge in [-0.3, -0.25) is 4.99 Å². The minimum atomic E-state index is 0. The summed E-state index contributed by atoms with van der Waals surface area (Å²) in [6, 6.07) is 10.8. The fraction of sp³-hybridized carbons (Fsp3) is 0.682. The predicted molar refractivity (Wildman–Crippen MR) is 137 cm³/mol. The molecule has 29 heavy (non-hydrogen) atoms. The number of likely N-dealkylation sites (N-methyl/N-ethyl adjacent to an activating group) is 1. The van der Waals surface area contributed by atoms with E-state index >= 15 is 0 Å². The Morgan fingerprint density at radius 3 is 2.76 bits per heavy atom. The summed E-state index contributed by atoms with van der Waals surface area (Å²) in [6.07, 6.45) is 2.54. The summed E-state index contributed by atoms with van der Waals surface area (Å²) in [4.78, 5) is 13.8. The molecule has 0 amide bonds. The predicted octanol–water partition coefficient (Wildman–Crippen LogP) is 3.32. The number of nitrogens with zero attached hydrogens (tertiary/aromatic N) is 4. The molecule has 1 unspecified atom stereocenters. The third kappa shape index (κ3) is 8.63. The Morgan fingerprint density at radius 1 is 1.14 bits per heavy atom. The monoisotopic (exact) mass is 531 g/mol. The molecule has 0 aromatic heterocycles. The molecule has 164 valence electrons. The minimum Gasteiger partial charge on any atom is -0.357 e. The summed E-state index contributed by atoms with van der Waals surface area (Å²) < 4.78 is 0. The maximum atomic E-state index is 4.96. The second kappa shape index (κ2) is 13.7. The molecule has 2 heterocycles. The molecule has 0 saturated carbocycles. The van der Waals surface area contributed by atoms with E-state index in [0.717, 1.165) is 44.6 Å². The zero-order valence-corrected chi connectivity index (χ0v) is 21.2. The van der Waals surface area contributed by atoms with Crippen LogP contribution in [0.15, 0.2) is 40.2 Å². The average molecular weight is 532 g/mol. The first-order valence-corrected chi connectivity index (χ1v) is 11.8. The molecule has 7 heteroatoms. The lowest BCUT2D eigenvalue weighted by molar-refractivity contribution is 0.283. The van der Waals surface area contributed by atoms with Crippen LogP contribution in [0.5, 0.6) is 0 Å². The molecular weight excluding hydrogens is 493 g/mol. The van der Waals surface area contributed by atoms with Crippen LogP contribution in [-0.4, -0.2) is 92.4 Å². The fourth-order valence-electron chi connectivity index (χ4n) is 3.94. The molecule has 2 aliphatic rings. The number of thioether (sulfide) groups is 1. The molecular formula is C22H38IN5S. The van der Waals surface area contributed by atoms with Gasteiger partial charge in [-0.25, -0.2) is 0 Å². The highest BCUT2D eigenvalue weighted by Crippen LogP contribution is 2.25. The van der Waals surface area contributed by atoms with E-state index in [1.807, 2.05) is 11.8 Å². The van der Waals surface area contributed by atoms with Gasteiger partial charge in [-0.15, -0.1) is 35.7 Å². The van der Waals surface area contributed by atoms with Crippen LogP contribution in [0.2, 0.25) is 0 Å². The first-order valence-electron chi connectivity index (χ1n) is 10.9. The Morgan fingerprint density at radius 2 is 1.97 bits per heavy atom. The maximum absolute atomic E-state index is 4.96. The van der Waals surface area contributed by atoms with E-state index in [2.05, 4.69) is 64.3 Å². The summed E-state index contributed by atoms with van der Waals surface area (Å²) in [7, 11) is 2.23. The summed E-state index contributed by atoms with van der Waals surface area (Å²) in [5.41, 5.74) is 0. The largest absolute Gasteiger partial charge is 0.357 e. The first kappa shape index (κ1) is 24.8. The number of hydrogen-bond donors (Lipinski definition) is 1. The zero-order chi connectivity index (χ0) is 19.6. The number of aliphatic imine (C=N–C) groups is 1. The van der Waals surface area contributed by atoms with Crippen LogP contribution >= 0.6 is 35.7 Å². The minimum absolute atomic E-state index is 0. The van der Waals surface area contributed by atoms with Crippen molar-refractivity contribution in [1.29, 1.82) is 0 Å². The van der Waals surface area contributed by atoms with Gasteiger partial charge in [0, 0.05) is 49.9 Å². The van der Waals surface area contributed by atoms with E-state index in [4.69, 9.17) is 4.99 Å². The van der Waals surface area contributed by atoms with Crippen LogP contribution in [0.1, 0.15) is 19.8 Å². The molecule has 0 spiro atoms. The lowest BCUT2D eigenvalue weighted by atomic mass is 10.2. The second-order valence-electron chi connectivity index (χ2n) is 7.96. The number of rotatable bonds is 7. The molecule has 1 atom stereocenters. The van der Waals surface area contributed by atoms with Gasteiger partial charge in [0.2, 0.25) is 0 Å². The van der Waals surface area contributed by atoms with E-state index in [9.17, 15) is 0 Å². The number of likely N-dealkylation sites (tertiary alicyclic amines) is 1. The van der Waals surface area contributed by atoms with Gasteiger partial charge < -0.3 is 20.0 Å². The molecule has 0 bridgehead atoms. The van der Waals surface area contributed by atoms with Crippen LogP contribution in [0, 0.1) is 5.92 Å². The second-order valence-corrected chi connectivity index (χ2v) is 9.05. The molecule has 0 radical (unpaired) electrons. The van der Waals surface area contributed by atoms with Gasteiger partial charge in [0.1, 0.15) is 0 Å². The highest BCUT2D eigenvalue weighted by Gasteiger charge is 2.25. The zero-order valence-electron chi connectivity index (χ0n) is 18.1. The lowest BCUT2D eigenvalue weighted by Crippen LogP contribution is -2.41. The fourth-order valence-corrected chi connectivity index (χ4v) is 4.99. The van der Waals surface area contributed by atoms with Crippen molar-refractivity contribution in [2.45, 2.75) is 24.7 Å². The van der Waals surface area contributed by atoms with E-state index in [1.165, 1.54) is 49.7 Å². The van der Waals surface area contributed by atoms with Gasteiger partial charge in [-0.2, -0.15) is 0 Å². The molecule has 2 fully saturated rings. The smallest absolute Gasteiger partial charge is 0.193 e. The van der Waals surface area contributed by atoms with Gasteiger partial charge in [0.15, 0.2) is 5.96 Å². The van der Waals surface area contributed by atoms with Crippen LogP contribution in [-0.2, 0) is 0 Å². The Bertz CT molecular complexity index is 600. The quantitative estimate of drug-likeness (QED) is 0.253. The summed E-state index contributed by atoms with van der Waals surface area (Å²) in [6.45, 7) is 12.1. The maximum Gasteiger partial charge on any atom is 0.193 e. The number of hydrogen-bond acceptors (Lipinski definition) is 4. The Kier molecular flexibility index (Phi) is 11.7. The molecule has 1 aromatic carbocycles. The van der Waals surface area contributed by atoms with Gasteiger partial charge in [-0.1, -0.05) is 18.2 Å². The van der Waals surface area contributed by atoms with Crippen molar-refractivity contribution in [2.75, 3.05) is 71.7 Å². The molecule has 2 saturated heterocycles. The first-order chi connectivity index (χ1) is 13.7. The number of guanidine groups is 1. The lowest BCUT2D eigenvalue weighted by Gasteiger charge is -2.23. The van der Waals surface area contributed by atoms with E-state index in [0.29, 0.717) is 0 Å². The van der Waals surface area contributed by atoms with Gasteiger partial charge >= 0.3 is 0 Å². The van der Waals surface area contributed by atoms with Crippen molar-refractivity contribution in [3.8, 4) is 0 Å². The topological polar surface area (TPSA) is 34.1 Å². The molecule has 0 aliphatic carbocycles. The third-order valence-corrected chi connectivity index (χ3v) is 6.88. The van der Waals surface area contributed by atoms with Crippen molar-refractivity contribution in [3.63, 3.8) is 0 Å². The Labute approximate surface area is 198 Å². The van der Waals surface area contributed by atoms with E-state index < -0.39 is 0 Å². The van der Waals surface area contributed by atoms with Gasteiger partial charge in [0.25, 0.3) is 0 Å². The number of halogens is 1. The van der Waals surface area contributed by atoms with Gasteiger partial charge in [0.05, 0.1) is 6.54 Å². The number of benzene rings is 1. The van der Waals surface area contributed by atoms with E-state index in [1.54, 1.807) is 0 Å². The van der Waals surface area contributed by atoms with Gasteiger partial charge in [-0.05, 0) is 58.0 Å². The van der Waals surface area contributed by atoms with Crippen LogP contribution in [0.4, 0.5) is 0 Å². The molecule has 1 aromatic rings. The van der Waals surface area contributed by atoms with Crippen molar-refractivity contribution < 1.29 is 0 Å². The van der Waals surface area contributed by atoms with E-state index in [-0.39, 0.29) is 24.0 Å².